The van der Waals surface area contributed by atoms with Gasteiger partial charge in [-0.3, -0.25) is 9.69 Å². The van der Waals surface area contributed by atoms with Crippen LogP contribution >= 0.6 is 0 Å². The Labute approximate surface area is 124 Å². The molecule has 6 heteroatoms. The van der Waals surface area contributed by atoms with Crippen LogP contribution in [0.25, 0.3) is 0 Å². The second-order valence-electron chi connectivity index (χ2n) is 5.96. The lowest BCUT2D eigenvalue weighted by molar-refractivity contribution is -0.129. The molecular weight excluding hydrogens is 273 g/mol. The van der Waals surface area contributed by atoms with Crippen LogP contribution in [0.1, 0.15) is 20.8 Å². The van der Waals surface area contributed by atoms with E-state index >= 15 is 0 Å². The Kier molecular flexibility index (Phi) is 4.49. The number of nitrogens with two attached hydrogens (primary N) is 1. The van der Waals surface area contributed by atoms with Crippen LogP contribution in [0.15, 0.2) is 18.2 Å². The van der Waals surface area contributed by atoms with Crippen molar-refractivity contribution in [3.8, 4) is 0 Å². The van der Waals surface area contributed by atoms with Gasteiger partial charge in [-0.05, 0) is 39.0 Å². The number of benzene rings is 1. The van der Waals surface area contributed by atoms with Crippen LogP contribution in [0, 0.1) is 5.82 Å². The zero-order valence-corrected chi connectivity index (χ0v) is 12.6. The first-order valence-electron chi connectivity index (χ1n) is 7.01. The fraction of sp³-hybridized carbons (Fsp3) is 0.533. The third-order valence-corrected chi connectivity index (χ3v) is 3.80. The number of carbonyl (C=O) groups excluding carboxylic acids is 1. The van der Waals surface area contributed by atoms with Crippen LogP contribution in [0.3, 0.4) is 0 Å². The molecule has 116 valence electrons. The summed E-state index contributed by atoms with van der Waals surface area (Å²) < 4.78 is 19.1. The van der Waals surface area contributed by atoms with E-state index in [2.05, 4.69) is 10.2 Å². The summed E-state index contributed by atoms with van der Waals surface area (Å²) >= 11 is 0. The highest BCUT2D eigenvalue weighted by Crippen LogP contribution is 2.23. The number of nitrogens with one attached hydrogen (secondary N) is 1. The van der Waals surface area contributed by atoms with Crippen LogP contribution in [-0.4, -0.2) is 42.1 Å². The van der Waals surface area contributed by atoms with Gasteiger partial charge in [0.15, 0.2) is 0 Å². The van der Waals surface area contributed by atoms with E-state index in [1.54, 1.807) is 0 Å². The van der Waals surface area contributed by atoms with E-state index in [1.165, 1.54) is 18.2 Å². The van der Waals surface area contributed by atoms with Crippen molar-refractivity contribution in [1.29, 1.82) is 0 Å². The molecule has 0 saturated carbocycles. The minimum atomic E-state index is -0.494. The summed E-state index contributed by atoms with van der Waals surface area (Å²) in [4.78, 5) is 14.4. The molecular formula is C15H22FN3O2. The summed E-state index contributed by atoms with van der Waals surface area (Å²) in [6, 6.07) is 3.74. The van der Waals surface area contributed by atoms with Crippen molar-refractivity contribution < 1.29 is 13.9 Å². The molecule has 0 bridgehead atoms. The van der Waals surface area contributed by atoms with E-state index < -0.39 is 5.82 Å². The molecule has 1 saturated heterocycles. The van der Waals surface area contributed by atoms with E-state index in [0.717, 1.165) is 0 Å². The molecule has 1 unspecified atom stereocenters. The molecule has 2 rings (SSSR count). The summed E-state index contributed by atoms with van der Waals surface area (Å²) in [5.41, 5.74) is 5.90. The van der Waals surface area contributed by atoms with Gasteiger partial charge in [-0.25, -0.2) is 4.39 Å². The molecule has 0 aromatic heterocycles. The fourth-order valence-electron chi connectivity index (χ4n) is 2.61. The molecule has 1 fully saturated rings. The monoisotopic (exact) mass is 295 g/mol. The summed E-state index contributed by atoms with van der Waals surface area (Å²) in [5.74, 6) is -0.750. The molecule has 1 aliphatic heterocycles. The Morgan fingerprint density at radius 1 is 1.52 bits per heavy atom. The largest absolute Gasteiger partial charge is 0.399 e. The fourth-order valence-corrected chi connectivity index (χ4v) is 2.61. The molecule has 1 aliphatic rings. The highest BCUT2D eigenvalue weighted by atomic mass is 19.1. The number of nitrogen functional groups attached to an aromatic ring is 1. The minimum Gasteiger partial charge on any atom is -0.399 e. The number of nitrogens with zero attached hydrogens (tertiary/aromatic N) is 1. The number of hydrogen-bond donors (Lipinski definition) is 2. The molecule has 1 aromatic rings. The van der Waals surface area contributed by atoms with Crippen molar-refractivity contribution in [3.05, 3.63) is 24.0 Å². The summed E-state index contributed by atoms with van der Waals surface area (Å²) in [7, 11) is 0. The Morgan fingerprint density at radius 2 is 2.24 bits per heavy atom. The SMILES string of the molecule is CC(C(=O)Nc1cc(N)ccc1F)N1CCOCC1(C)C. The third kappa shape index (κ3) is 3.51. The van der Waals surface area contributed by atoms with Gasteiger partial charge in [-0.2, -0.15) is 0 Å². The number of amides is 1. The Hall–Kier alpha value is -1.66. The molecule has 1 amide bonds. The Bertz CT molecular complexity index is 534. The number of halogens is 1. The van der Waals surface area contributed by atoms with Crippen molar-refractivity contribution in [2.75, 3.05) is 30.8 Å². The first-order chi connectivity index (χ1) is 9.81. The van der Waals surface area contributed by atoms with E-state index in [-0.39, 0.29) is 23.2 Å². The number of anilines is 2. The molecule has 0 radical (unpaired) electrons. The zero-order chi connectivity index (χ0) is 15.6. The second-order valence-corrected chi connectivity index (χ2v) is 5.96. The summed E-state index contributed by atoms with van der Waals surface area (Å²) in [6.45, 7) is 7.69. The number of hydrogen-bond acceptors (Lipinski definition) is 4. The first-order valence-corrected chi connectivity index (χ1v) is 7.01. The number of rotatable bonds is 3. The average Bonchev–Trinajstić information content (AvgIpc) is 2.41. The first kappa shape index (κ1) is 15.7. The molecule has 5 nitrogen and oxygen atoms in total. The van der Waals surface area contributed by atoms with E-state index in [9.17, 15) is 9.18 Å². The molecule has 1 heterocycles. The minimum absolute atomic E-state index is 0.109. The number of ether oxygens (including phenoxy) is 1. The maximum atomic E-state index is 13.7. The molecule has 3 N–H and O–H groups in total. The van der Waals surface area contributed by atoms with Crippen LogP contribution in [0.4, 0.5) is 15.8 Å². The molecule has 0 spiro atoms. The molecule has 1 aromatic carbocycles. The van der Waals surface area contributed by atoms with Gasteiger partial charge in [0.2, 0.25) is 5.91 Å². The van der Waals surface area contributed by atoms with E-state index in [4.69, 9.17) is 10.5 Å². The predicted octanol–water partition coefficient (Wildman–Crippen LogP) is 1.85. The van der Waals surface area contributed by atoms with Gasteiger partial charge >= 0.3 is 0 Å². The van der Waals surface area contributed by atoms with Crippen molar-refractivity contribution >= 4 is 17.3 Å². The average molecular weight is 295 g/mol. The van der Waals surface area contributed by atoms with Crippen molar-refractivity contribution in [1.82, 2.24) is 4.90 Å². The predicted molar refractivity (Wildman–Crippen MR) is 80.5 cm³/mol. The van der Waals surface area contributed by atoms with Crippen molar-refractivity contribution in [2.45, 2.75) is 32.4 Å². The van der Waals surface area contributed by atoms with Crippen molar-refractivity contribution in [3.63, 3.8) is 0 Å². The van der Waals surface area contributed by atoms with Crippen LogP contribution in [0.5, 0.6) is 0 Å². The lowest BCUT2D eigenvalue weighted by Gasteiger charge is -2.44. The van der Waals surface area contributed by atoms with Gasteiger partial charge in [-0.15, -0.1) is 0 Å². The van der Waals surface area contributed by atoms with Gasteiger partial charge < -0.3 is 15.8 Å². The second kappa shape index (κ2) is 5.99. The smallest absolute Gasteiger partial charge is 0.241 e. The normalized spacial score (nSPS) is 20.0. The van der Waals surface area contributed by atoms with Gasteiger partial charge in [-0.1, -0.05) is 0 Å². The van der Waals surface area contributed by atoms with Gasteiger partial charge in [0.1, 0.15) is 5.82 Å². The van der Waals surface area contributed by atoms with Crippen LogP contribution in [0.2, 0.25) is 0 Å². The molecule has 1 atom stereocenters. The molecule has 0 aliphatic carbocycles. The standard InChI is InChI=1S/C15H22FN3O2/c1-10(19-6-7-21-9-15(19,2)3)14(20)18-13-8-11(17)4-5-12(13)16/h4-5,8,10H,6-7,9,17H2,1-3H3,(H,18,20). The Balaban J connectivity index is 2.10. The third-order valence-electron chi connectivity index (χ3n) is 3.80. The highest BCUT2D eigenvalue weighted by Gasteiger charge is 2.36. The summed E-state index contributed by atoms with van der Waals surface area (Å²) in [6.07, 6.45) is 0. The zero-order valence-electron chi connectivity index (χ0n) is 12.6. The van der Waals surface area contributed by atoms with Gasteiger partial charge in [0.05, 0.1) is 24.9 Å². The lowest BCUT2D eigenvalue weighted by atomic mass is 9.99. The maximum absolute atomic E-state index is 13.7. The van der Waals surface area contributed by atoms with E-state index in [0.29, 0.717) is 25.4 Å². The van der Waals surface area contributed by atoms with Gasteiger partial charge in [0, 0.05) is 17.8 Å². The number of carbonyl (C=O) groups is 1. The topological polar surface area (TPSA) is 67.6 Å². The van der Waals surface area contributed by atoms with Crippen molar-refractivity contribution in [2.24, 2.45) is 0 Å². The maximum Gasteiger partial charge on any atom is 0.241 e. The van der Waals surface area contributed by atoms with E-state index in [1.807, 2.05) is 20.8 Å². The molecule has 21 heavy (non-hydrogen) atoms. The van der Waals surface area contributed by atoms with Gasteiger partial charge in [0.25, 0.3) is 0 Å². The summed E-state index contributed by atoms with van der Waals surface area (Å²) in [5, 5.41) is 2.61. The quantitative estimate of drug-likeness (QED) is 0.835. The lowest BCUT2D eigenvalue weighted by Crippen LogP contribution is -2.59. The highest BCUT2D eigenvalue weighted by molar-refractivity contribution is 5.95. The van der Waals surface area contributed by atoms with Crippen LogP contribution in [-0.2, 0) is 9.53 Å². The van der Waals surface area contributed by atoms with Crippen LogP contribution < -0.4 is 11.1 Å². The number of morpholine rings is 1. The Morgan fingerprint density at radius 3 is 2.90 bits per heavy atom.